The maximum atomic E-state index is 13.4. The first-order chi connectivity index (χ1) is 17.5. The largest absolute Gasteiger partial charge is 0.497 e. The minimum Gasteiger partial charge on any atom is -0.497 e. The van der Waals surface area contributed by atoms with Crippen molar-refractivity contribution < 1.29 is 13.9 Å². The highest BCUT2D eigenvalue weighted by atomic mass is 35.5. The van der Waals surface area contributed by atoms with Crippen LogP contribution in [0, 0.1) is 0 Å². The Morgan fingerprint density at radius 3 is 2.64 bits per heavy atom. The molecular formula is C29H21ClN2O4. The number of fused-ring (bicyclic) bond motifs is 3. The molecule has 3 aromatic carbocycles. The predicted octanol–water partition coefficient (Wildman–Crippen LogP) is 6.41. The Morgan fingerprint density at radius 2 is 1.83 bits per heavy atom. The van der Waals surface area contributed by atoms with Crippen molar-refractivity contribution in [2.24, 2.45) is 0 Å². The third-order valence-corrected chi connectivity index (χ3v) is 6.80. The summed E-state index contributed by atoms with van der Waals surface area (Å²) in [5, 5.41) is 4.80. The standard InChI is InChI=1S/C29H21ClN2O4/c1-35-19-10-12-26-22(14-19)25(33)15-27(36-26)16-5-8-18(9-6-16)31-29(34)28-20-3-2-4-23(20)32-24-11-7-17(30)13-21(24)28/h5-15H,2-4H2,1H3,(H,31,34). The molecule has 0 bridgehead atoms. The molecule has 0 saturated heterocycles. The SMILES string of the molecule is COc1ccc2oc(-c3ccc(NC(=O)c4c5c(nc6ccc(Cl)cc46)CCC5)cc3)cc(=O)c2c1. The minimum atomic E-state index is -0.193. The van der Waals surface area contributed by atoms with E-state index in [1.165, 1.54) is 6.07 Å². The third kappa shape index (κ3) is 3.89. The predicted molar refractivity (Wildman–Crippen MR) is 141 cm³/mol. The number of carbonyl (C=O) groups excluding carboxylic acids is 1. The molecule has 0 spiro atoms. The first-order valence-corrected chi connectivity index (χ1v) is 12.0. The summed E-state index contributed by atoms with van der Waals surface area (Å²) in [5.74, 6) is 0.849. The molecule has 0 aliphatic heterocycles. The smallest absolute Gasteiger partial charge is 0.256 e. The lowest BCUT2D eigenvalue weighted by Gasteiger charge is -2.13. The first kappa shape index (κ1) is 22.3. The van der Waals surface area contributed by atoms with Gasteiger partial charge in [-0.25, -0.2) is 0 Å². The Morgan fingerprint density at radius 1 is 1.00 bits per heavy atom. The lowest BCUT2D eigenvalue weighted by Crippen LogP contribution is -2.15. The number of ether oxygens (including phenoxy) is 1. The molecule has 2 heterocycles. The molecular weight excluding hydrogens is 476 g/mol. The molecule has 178 valence electrons. The van der Waals surface area contributed by atoms with E-state index in [0.29, 0.717) is 38.8 Å². The molecule has 0 saturated carbocycles. The molecule has 6 nitrogen and oxygen atoms in total. The zero-order valence-corrected chi connectivity index (χ0v) is 20.2. The fourth-order valence-corrected chi connectivity index (χ4v) is 4.98. The number of amides is 1. The fourth-order valence-electron chi connectivity index (χ4n) is 4.81. The van der Waals surface area contributed by atoms with Crippen molar-refractivity contribution in [3.63, 3.8) is 0 Å². The van der Waals surface area contributed by atoms with Crippen LogP contribution in [-0.4, -0.2) is 18.0 Å². The number of anilines is 1. The molecule has 0 fully saturated rings. The minimum absolute atomic E-state index is 0.153. The van der Waals surface area contributed by atoms with E-state index in [1.54, 1.807) is 49.6 Å². The van der Waals surface area contributed by atoms with Gasteiger partial charge in [-0.15, -0.1) is 0 Å². The van der Waals surface area contributed by atoms with Gasteiger partial charge in [-0.2, -0.15) is 0 Å². The molecule has 0 radical (unpaired) electrons. The summed E-state index contributed by atoms with van der Waals surface area (Å²) in [4.78, 5) is 30.8. The van der Waals surface area contributed by atoms with Gasteiger partial charge in [0.25, 0.3) is 5.91 Å². The molecule has 36 heavy (non-hydrogen) atoms. The number of hydrogen-bond donors (Lipinski definition) is 1. The van der Waals surface area contributed by atoms with Gasteiger partial charge in [-0.3, -0.25) is 14.6 Å². The summed E-state index contributed by atoms with van der Waals surface area (Å²) >= 11 is 6.25. The number of benzene rings is 3. The highest BCUT2D eigenvalue weighted by molar-refractivity contribution is 6.31. The third-order valence-electron chi connectivity index (χ3n) is 6.56. The van der Waals surface area contributed by atoms with E-state index in [9.17, 15) is 9.59 Å². The van der Waals surface area contributed by atoms with Crippen molar-refractivity contribution >= 4 is 45.1 Å². The number of hydrogen-bond acceptors (Lipinski definition) is 5. The number of aromatic nitrogens is 1. The molecule has 0 atom stereocenters. The van der Waals surface area contributed by atoms with Crippen LogP contribution in [0.4, 0.5) is 5.69 Å². The van der Waals surface area contributed by atoms with E-state index in [2.05, 4.69) is 5.32 Å². The van der Waals surface area contributed by atoms with Crippen LogP contribution >= 0.6 is 11.6 Å². The molecule has 1 N–H and O–H groups in total. The van der Waals surface area contributed by atoms with Crippen molar-refractivity contribution in [2.75, 3.05) is 12.4 Å². The van der Waals surface area contributed by atoms with Crippen LogP contribution in [0.1, 0.15) is 28.0 Å². The highest BCUT2D eigenvalue weighted by Gasteiger charge is 2.24. The Balaban J connectivity index is 1.32. The molecule has 1 amide bonds. The number of nitrogens with one attached hydrogen (secondary N) is 1. The zero-order chi connectivity index (χ0) is 24.8. The Bertz CT molecular complexity index is 1720. The van der Waals surface area contributed by atoms with Gasteiger partial charge in [0.05, 0.1) is 23.6 Å². The molecule has 0 unspecified atom stereocenters. The lowest BCUT2D eigenvalue weighted by molar-refractivity contribution is 0.102. The summed E-state index contributed by atoms with van der Waals surface area (Å²) < 4.78 is 11.2. The van der Waals surface area contributed by atoms with Gasteiger partial charge in [0.15, 0.2) is 5.43 Å². The number of methoxy groups -OCH3 is 1. The van der Waals surface area contributed by atoms with Gasteiger partial charge in [0, 0.05) is 33.4 Å². The van der Waals surface area contributed by atoms with Crippen LogP contribution in [0.2, 0.25) is 5.02 Å². The van der Waals surface area contributed by atoms with E-state index >= 15 is 0 Å². The Labute approximate surface area is 211 Å². The quantitative estimate of drug-likeness (QED) is 0.311. The normalized spacial score (nSPS) is 12.6. The number of aryl methyl sites for hydroxylation is 1. The van der Waals surface area contributed by atoms with Crippen LogP contribution in [-0.2, 0) is 12.8 Å². The van der Waals surface area contributed by atoms with Crippen LogP contribution < -0.4 is 15.5 Å². The Hall–Kier alpha value is -4.16. The van der Waals surface area contributed by atoms with Gasteiger partial charge in [0.1, 0.15) is 17.1 Å². The summed E-state index contributed by atoms with van der Waals surface area (Å²) in [6, 6.07) is 19.3. The van der Waals surface area contributed by atoms with Gasteiger partial charge in [0.2, 0.25) is 0 Å². The van der Waals surface area contributed by atoms with E-state index in [1.807, 2.05) is 18.2 Å². The number of carbonyl (C=O) groups is 1. The number of pyridine rings is 1. The molecule has 6 rings (SSSR count). The number of rotatable bonds is 4. The van der Waals surface area contributed by atoms with Crippen LogP contribution in [0.15, 0.2) is 75.9 Å². The molecule has 5 aromatic rings. The second kappa shape index (κ2) is 8.81. The van der Waals surface area contributed by atoms with Crippen molar-refractivity contribution in [1.82, 2.24) is 4.98 Å². The Kier molecular flexibility index (Phi) is 5.46. The van der Waals surface area contributed by atoms with Crippen LogP contribution in [0.3, 0.4) is 0 Å². The van der Waals surface area contributed by atoms with Crippen LogP contribution in [0.5, 0.6) is 5.75 Å². The second-order valence-corrected chi connectivity index (χ2v) is 9.23. The van der Waals surface area contributed by atoms with Gasteiger partial charge in [-0.05, 0) is 85.5 Å². The number of halogens is 1. The highest BCUT2D eigenvalue weighted by Crippen LogP contribution is 2.32. The summed E-state index contributed by atoms with van der Waals surface area (Å²) in [7, 11) is 1.55. The van der Waals surface area contributed by atoms with E-state index < -0.39 is 0 Å². The average Bonchev–Trinajstić information content (AvgIpc) is 3.35. The van der Waals surface area contributed by atoms with E-state index in [4.69, 9.17) is 25.7 Å². The van der Waals surface area contributed by atoms with Crippen LogP contribution in [0.25, 0.3) is 33.2 Å². The second-order valence-electron chi connectivity index (χ2n) is 8.80. The van der Waals surface area contributed by atoms with Crippen molar-refractivity contribution in [1.29, 1.82) is 0 Å². The summed E-state index contributed by atoms with van der Waals surface area (Å²) in [6.45, 7) is 0. The molecule has 1 aliphatic rings. The van der Waals surface area contributed by atoms with Gasteiger partial charge in [-0.1, -0.05) is 11.6 Å². The molecule has 7 heteroatoms. The molecule has 1 aliphatic carbocycles. The lowest BCUT2D eigenvalue weighted by atomic mass is 10.0. The van der Waals surface area contributed by atoms with E-state index in [0.717, 1.165) is 47.0 Å². The zero-order valence-electron chi connectivity index (χ0n) is 19.4. The topological polar surface area (TPSA) is 81.4 Å². The average molecular weight is 497 g/mol. The first-order valence-electron chi connectivity index (χ1n) is 11.6. The maximum absolute atomic E-state index is 13.4. The van der Waals surface area contributed by atoms with Gasteiger partial charge >= 0.3 is 0 Å². The van der Waals surface area contributed by atoms with E-state index in [-0.39, 0.29) is 11.3 Å². The van der Waals surface area contributed by atoms with Crippen molar-refractivity contribution in [3.8, 4) is 17.1 Å². The van der Waals surface area contributed by atoms with Gasteiger partial charge < -0.3 is 14.5 Å². The number of nitrogens with zero attached hydrogens (tertiary/aromatic N) is 1. The summed E-state index contributed by atoms with van der Waals surface area (Å²) in [6.07, 6.45) is 2.66. The summed E-state index contributed by atoms with van der Waals surface area (Å²) in [5.41, 5.74) is 5.06. The fraction of sp³-hybridized carbons (Fsp3) is 0.138. The van der Waals surface area contributed by atoms with Crippen molar-refractivity contribution in [3.05, 3.63) is 98.8 Å². The molecule has 2 aromatic heterocycles. The monoisotopic (exact) mass is 496 g/mol. The van der Waals surface area contributed by atoms with Crippen molar-refractivity contribution in [2.45, 2.75) is 19.3 Å². The maximum Gasteiger partial charge on any atom is 0.256 e.